The van der Waals surface area contributed by atoms with Gasteiger partial charge >= 0.3 is 0 Å². The first-order valence-electron chi connectivity index (χ1n) is 6.02. The summed E-state index contributed by atoms with van der Waals surface area (Å²) in [7, 11) is 0. The summed E-state index contributed by atoms with van der Waals surface area (Å²) in [5.41, 5.74) is 3.58. The number of hydrogen-bond acceptors (Lipinski definition) is 1. The molecule has 1 heterocycles. The van der Waals surface area contributed by atoms with Crippen molar-refractivity contribution in [3.05, 3.63) is 35.4 Å². The van der Waals surface area contributed by atoms with Gasteiger partial charge in [0.15, 0.2) is 0 Å². The van der Waals surface area contributed by atoms with Crippen LogP contribution in [0.2, 0.25) is 0 Å². The lowest BCUT2D eigenvalue weighted by Crippen LogP contribution is -2.54. The Labute approximate surface area is 91.9 Å². The van der Waals surface area contributed by atoms with Crippen LogP contribution in [0.25, 0.3) is 0 Å². The van der Waals surface area contributed by atoms with E-state index < -0.39 is 0 Å². The molecule has 1 nitrogen and oxygen atoms in total. The molecule has 1 N–H and O–H groups in total. The van der Waals surface area contributed by atoms with Crippen molar-refractivity contribution in [1.29, 1.82) is 0 Å². The summed E-state index contributed by atoms with van der Waals surface area (Å²) < 4.78 is 0. The zero-order chi connectivity index (χ0) is 10.5. The second kappa shape index (κ2) is 3.08. The molecule has 1 heteroatoms. The van der Waals surface area contributed by atoms with E-state index in [0.717, 1.165) is 5.92 Å². The highest BCUT2D eigenvalue weighted by atomic mass is 14.9. The van der Waals surface area contributed by atoms with Crippen molar-refractivity contribution in [1.82, 2.24) is 5.32 Å². The molecular formula is C14H19N. The molecule has 1 fully saturated rings. The maximum Gasteiger partial charge on any atom is 0.0116 e. The van der Waals surface area contributed by atoms with E-state index in [4.69, 9.17) is 0 Å². The van der Waals surface area contributed by atoms with Gasteiger partial charge < -0.3 is 5.32 Å². The quantitative estimate of drug-likeness (QED) is 0.680. The highest BCUT2D eigenvalue weighted by Crippen LogP contribution is 2.44. The number of nitrogens with one attached hydrogen (secondary N) is 1. The van der Waals surface area contributed by atoms with Crippen LogP contribution in [0.3, 0.4) is 0 Å². The van der Waals surface area contributed by atoms with Crippen molar-refractivity contribution in [2.45, 2.75) is 38.1 Å². The Morgan fingerprint density at radius 1 is 1.33 bits per heavy atom. The predicted molar refractivity (Wildman–Crippen MR) is 63.1 cm³/mol. The van der Waals surface area contributed by atoms with Crippen molar-refractivity contribution in [2.24, 2.45) is 5.92 Å². The Hall–Kier alpha value is -0.820. The summed E-state index contributed by atoms with van der Waals surface area (Å²) >= 11 is 0. The third kappa shape index (κ3) is 1.26. The molecule has 0 amide bonds. The third-order valence-corrected chi connectivity index (χ3v) is 4.57. The van der Waals surface area contributed by atoms with Gasteiger partial charge in [0.25, 0.3) is 0 Å². The van der Waals surface area contributed by atoms with E-state index in [1.165, 1.54) is 19.4 Å². The fourth-order valence-electron chi connectivity index (χ4n) is 3.39. The van der Waals surface area contributed by atoms with E-state index in [1.807, 2.05) is 0 Å². The Morgan fingerprint density at radius 3 is 3.00 bits per heavy atom. The molecule has 1 aromatic rings. The Kier molecular flexibility index (Phi) is 1.93. The minimum atomic E-state index is 0.408. The largest absolute Gasteiger partial charge is 0.313 e. The van der Waals surface area contributed by atoms with Gasteiger partial charge in [-0.1, -0.05) is 38.1 Å². The zero-order valence-corrected chi connectivity index (χ0v) is 9.59. The molecule has 0 spiro atoms. The van der Waals surface area contributed by atoms with Crippen molar-refractivity contribution in [3.8, 4) is 0 Å². The van der Waals surface area contributed by atoms with E-state index in [0.29, 0.717) is 11.5 Å². The van der Waals surface area contributed by atoms with Gasteiger partial charge in [0.05, 0.1) is 0 Å². The van der Waals surface area contributed by atoms with Gasteiger partial charge in [-0.15, -0.1) is 0 Å². The molecule has 15 heavy (non-hydrogen) atoms. The van der Waals surface area contributed by atoms with E-state index in [2.05, 4.69) is 43.4 Å². The van der Waals surface area contributed by atoms with E-state index in [1.54, 1.807) is 11.1 Å². The standard InChI is InChI=1S/C14H19N/c1-10-9-15-12-7-11-5-3-4-6-13(11)14(10,2)8-12/h3-6,10,12,15H,7-9H2,1-2H3/t10?,12?,14-/m0/s1. The normalized spacial score (nSPS) is 38.5. The van der Waals surface area contributed by atoms with Gasteiger partial charge in [0.1, 0.15) is 0 Å². The fraction of sp³-hybridized carbons (Fsp3) is 0.571. The molecule has 2 unspecified atom stereocenters. The van der Waals surface area contributed by atoms with Crippen LogP contribution in [0.5, 0.6) is 0 Å². The fourth-order valence-corrected chi connectivity index (χ4v) is 3.39. The predicted octanol–water partition coefficient (Wildman–Crippen LogP) is 2.50. The summed E-state index contributed by atoms with van der Waals surface area (Å²) in [4.78, 5) is 0. The molecule has 0 radical (unpaired) electrons. The van der Waals surface area contributed by atoms with Crippen molar-refractivity contribution in [3.63, 3.8) is 0 Å². The van der Waals surface area contributed by atoms with Crippen LogP contribution in [0.1, 0.15) is 31.4 Å². The topological polar surface area (TPSA) is 12.0 Å². The summed E-state index contributed by atoms with van der Waals surface area (Å²) in [6.07, 6.45) is 2.53. The monoisotopic (exact) mass is 201 g/mol. The van der Waals surface area contributed by atoms with Crippen LogP contribution in [0.15, 0.2) is 24.3 Å². The molecule has 0 aromatic heterocycles. The smallest absolute Gasteiger partial charge is 0.0116 e. The number of hydrogen-bond donors (Lipinski definition) is 1. The van der Waals surface area contributed by atoms with Gasteiger partial charge in [-0.25, -0.2) is 0 Å². The van der Waals surface area contributed by atoms with Gasteiger partial charge in [-0.3, -0.25) is 0 Å². The lowest BCUT2D eigenvalue weighted by molar-refractivity contribution is 0.176. The minimum Gasteiger partial charge on any atom is -0.313 e. The molecule has 1 aliphatic heterocycles. The maximum absolute atomic E-state index is 3.67. The lowest BCUT2D eigenvalue weighted by atomic mass is 9.61. The summed E-state index contributed by atoms with van der Waals surface area (Å²) in [6, 6.07) is 9.72. The highest BCUT2D eigenvalue weighted by molar-refractivity contribution is 5.39. The summed E-state index contributed by atoms with van der Waals surface area (Å²) in [5, 5.41) is 3.67. The van der Waals surface area contributed by atoms with Gasteiger partial charge in [0, 0.05) is 6.04 Å². The summed E-state index contributed by atoms with van der Waals surface area (Å²) in [5.74, 6) is 0.746. The highest BCUT2D eigenvalue weighted by Gasteiger charge is 2.43. The van der Waals surface area contributed by atoms with Crippen LogP contribution in [-0.2, 0) is 11.8 Å². The number of fused-ring (bicyclic) bond motifs is 4. The third-order valence-electron chi connectivity index (χ3n) is 4.57. The summed E-state index contributed by atoms with van der Waals surface area (Å²) in [6.45, 7) is 6.00. The molecule has 1 aliphatic carbocycles. The maximum atomic E-state index is 3.67. The second-order valence-corrected chi connectivity index (χ2v) is 5.49. The average Bonchev–Trinajstić information content (AvgIpc) is 2.24. The van der Waals surface area contributed by atoms with E-state index in [9.17, 15) is 0 Å². The second-order valence-electron chi connectivity index (χ2n) is 5.49. The van der Waals surface area contributed by atoms with Crippen LogP contribution >= 0.6 is 0 Å². The van der Waals surface area contributed by atoms with E-state index in [-0.39, 0.29) is 0 Å². The molecule has 2 aliphatic rings. The molecule has 3 atom stereocenters. The number of rotatable bonds is 0. The molecule has 80 valence electrons. The minimum absolute atomic E-state index is 0.408. The first-order valence-corrected chi connectivity index (χ1v) is 6.02. The van der Waals surface area contributed by atoms with Crippen LogP contribution in [0.4, 0.5) is 0 Å². The molecular weight excluding hydrogens is 182 g/mol. The molecule has 0 saturated carbocycles. The SMILES string of the molecule is CC1CNC2Cc3ccccc3[C@@]1(C)C2. The van der Waals surface area contributed by atoms with Gasteiger partial charge in [-0.2, -0.15) is 0 Å². The van der Waals surface area contributed by atoms with Gasteiger partial charge in [-0.05, 0) is 41.8 Å². The van der Waals surface area contributed by atoms with Crippen LogP contribution in [-0.4, -0.2) is 12.6 Å². The van der Waals surface area contributed by atoms with Crippen molar-refractivity contribution >= 4 is 0 Å². The van der Waals surface area contributed by atoms with Crippen LogP contribution in [0, 0.1) is 5.92 Å². The first-order chi connectivity index (χ1) is 7.20. The number of benzene rings is 1. The molecule has 2 bridgehead atoms. The van der Waals surface area contributed by atoms with Crippen LogP contribution < -0.4 is 5.32 Å². The van der Waals surface area contributed by atoms with Crippen molar-refractivity contribution in [2.75, 3.05) is 6.54 Å². The van der Waals surface area contributed by atoms with Crippen molar-refractivity contribution < 1.29 is 0 Å². The Balaban J connectivity index is 2.15. The lowest BCUT2D eigenvalue weighted by Gasteiger charge is -2.49. The van der Waals surface area contributed by atoms with E-state index >= 15 is 0 Å². The molecule has 1 aromatic carbocycles. The molecule has 1 saturated heterocycles. The average molecular weight is 201 g/mol. The Morgan fingerprint density at radius 2 is 2.13 bits per heavy atom. The van der Waals surface area contributed by atoms with Gasteiger partial charge in [0.2, 0.25) is 0 Å². The first kappa shape index (κ1) is 9.41. The molecule has 3 rings (SSSR count). The number of piperidine rings is 1. The zero-order valence-electron chi connectivity index (χ0n) is 9.59. The Bertz CT molecular complexity index is 385.